The Morgan fingerprint density at radius 1 is 1.40 bits per heavy atom. The van der Waals surface area contributed by atoms with E-state index in [1.165, 1.54) is 0 Å². The van der Waals surface area contributed by atoms with Crippen LogP contribution in [0.2, 0.25) is 0 Å². The summed E-state index contributed by atoms with van der Waals surface area (Å²) in [7, 11) is 1.62. The van der Waals surface area contributed by atoms with Crippen molar-refractivity contribution in [3.63, 3.8) is 0 Å². The predicted molar refractivity (Wildman–Crippen MR) is 92.4 cm³/mol. The average Bonchev–Trinajstić information content (AvgIpc) is 3.24. The number of hydrogen-bond acceptors (Lipinski definition) is 6. The molecule has 0 atom stereocenters. The largest absolute Gasteiger partial charge is 0.496 e. The Kier molecular flexibility index (Phi) is 5.44. The number of nitrogens with zero attached hydrogens (tertiary/aromatic N) is 4. The topological polar surface area (TPSA) is 95.1 Å². The zero-order chi connectivity index (χ0) is 17.6. The minimum absolute atomic E-state index is 0.0683. The molecule has 0 aliphatic rings. The molecule has 25 heavy (non-hydrogen) atoms. The minimum Gasteiger partial charge on any atom is -0.496 e. The van der Waals surface area contributed by atoms with E-state index in [1.54, 1.807) is 24.2 Å². The Bertz CT molecular complexity index is 861. The number of hydrogen-bond donors (Lipinski definition) is 1. The molecule has 9 heteroatoms. The third kappa shape index (κ3) is 4.44. The summed E-state index contributed by atoms with van der Waals surface area (Å²) in [6.45, 7) is 0.757. The number of ether oxygens (including phenoxy) is 1. The maximum Gasteiger partial charge on any atom is 0.316 e. The molecule has 2 heterocycles. The van der Waals surface area contributed by atoms with Gasteiger partial charge < -0.3 is 14.6 Å². The van der Waals surface area contributed by atoms with E-state index < -0.39 is 5.91 Å². The van der Waals surface area contributed by atoms with E-state index in [2.05, 4.69) is 36.5 Å². The van der Waals surface area contributed by atoms with Crippen molar-refractivity contribution in [3.05, 3.63) is 58.4 Å². The van der Waals surface area contributed by atoms with Gasteiger partial charge in [0.15, 0.2) is 5.82 Å². The van der Waals surface area contributed by atoms with Gasteiger partial charge in [-0.25, -0.2) is 0 Å². The van der Waals surface area contributed by atoms with Crippen LogP contribution in [0.4, 0.5) is 0 Å². The normalized spacial score (nSPS) is 10.6. The molecule has 1 amide bonds. The van der Waals surface area contributed by atoms with E-state index in [0.29, 0.717) is 25.3 Å². The van der Waals surface area contributed by atoms with Crippen molar-refractivity contribution in [3.8, 4) is 5.75 Å². The first-order chi connectivity index (χ1) is 12.2. The Morgan fingerprint density at radius 3 is 3.00 bits per heavy atom. The quantitative estimate of drug-likeness (QED) is 0.646. The minimum atomic E-state index is -0.407. The summed E-state index contributed by atoms with van der Waals surface area (Å²) >= 11 is 3.31. The van der Waals surface area contributed by atoms with Gasteiger partial charge in [0.05, 0.1) is 17.8 Å². The lowest BCUT2D eigenvalue weighted by Crippen LogP contribution is -2.26. The van der Waals surface area contributed by atoms with Crippen molar-refractivity contribution in [2.75, 3.05) is 13.7 Å². The number of carbonyl (C=O) groups is 1. The molecule has 0 saturated heterocycles. The second-order valence-electron chi connectivity index (χ2n) is 5.19. The van der Waals surface area contributed by atoms with Crippen LogP contribution in [0.15, 0.2) is 45.7 Å². The molecular weight excluding hydrogens is 390 g/mol. The van der Waals surface area contributed by atoms with Crippen LogP contribution in [0.25, 0.3) is 0 Å². The summed E-state index contributed by atoms with van der Waals surface area (Å²) < 4.78 is 12.8. The van der Waals surface area contributed by atoms with E-state index in [4.69, 9.17) is 9.26 Å². The Morgan fingerprint density at radius 2 is 2.24 bits per heavy atom. The molecule has 0 fully saturated rings. The molecule has 1 N–H and O–H groups in total. The molecule has 8 nitrogen and oxygen atoms in total. The highest BCUT2D eigenvalue weighted by Gasteiger charge is 2.15. The van der Waals surface area contributed by atoms with Gasteiger partial charge in [0, 0.05) is 12.7 Å². The average molecular weight is 406 g/mol. The summed E-state index contributed by atoms with van der Waals surface area (Å²) in [4.78, 5) is 16.2. The van der Waals surface area contributed by atoms with Crippen LogP contribution in [0.5, 0.6) is 5.75 Å². The van der Waals surface area contributed by atoms with Crippen LogP contribution in [0.3, 0.4) is 0 Å². The maximum atomic E-state index is 12.1. The first kappa shape index (κ1) is 17.2. The smallest absolute Gasteiger partial charge is 0.316 e. The number of carbonyl (C=O) groups excluding carboxylic acids is 1. The van der Waals surface area contributed by atoms with Crippen molar-refractivity contribution >= 4 is 21.8 Å². The van der Waals surface area contributed by atoms with Gasteiger partial charge in [-0.2, -0.15) is 10.1 Å². The van der Waals surface area contributed by atoms with Gasteiger partial charge in [0.1, 0.15) is 12.3 Å². The predicted octanol–water partition coefficient (Wildman–Crippen LogP) is 2.06. The van der Waals surface area contributed by atoms with E-state index in [9.17, 15) is 4.79 Å². The first-order valence-corrected chi connectivity index (χ1v) is 8.35. The van der Waals surface area contributed by atoms with Crippen molar-refractivity contribution < 1.29 is 14.1 Å². The molecule has 130 valence electrons. The molecule has 0 radical (unpaired) electrons. The van der Waals surface area contributed by atoms with E-state index in [1.807, 2.05) is 24.3 Å². The lowest BCUT2D eigenvalue weighted by molar-refractivity contribution is 0.0910. The number of aromatic nitrogens is 4. The molecule has 0 aliphatic heterocycles. The van der Waals surface area contributed by atoms with Gasteiger partial charge in [-0.3, -0.25) is 9.48 Å². The highest BCUT2D eigenvalue weighted by atomic mass is 79.9. The lowest BCUT2D eigenvalue weighted by atomic mass is 10.1. The van der Waals surface area contributed by atoms with Gasteiger partial charge in [0.2, 0.25) is 0 Å². The van der Waals surface area contributed by atoms with Crippen molar-refractivity contribution in [2.45, 2.75) is 13.0 Å². The highest BCUT2D eigenvalue weighted by Crippen LogP contribution is 2.17. The molecule has 0 spiro atoms. The molecule has 3 rings (SSSR count). The van der Waals surface area contributed by atoms with E-state index in [-0.39, 0.29) is 5.89 Å². The van der Waals surface area contributed by atoms with E-state index in [0.717, 1.165) is 15.8 Å². The second-order valence-corrected chi connectivity index (χ2v) is 6.11. The maximum absolute atomic E-state index is 12.1. The van der Waals surface area contributed by atoms with E-state index >= 15 is 0 Å². The monoisotopic (exact) mass is 405 g/mol. The number of benzene rings is 1. The van der Waals surface area contributed by atoms with Crippen LogP contribution in [0.1, 0.15) is 22.1 Å². The molecule has 0 unspecified atom stereocenters. The van der Waals surface area contributed by atoms with Crippen molar-refractivity contribution in [2.24, 2.45) is 0 Å². The number of methoxy groups -OCH3 is 1. The zero-order valence-electron chi connectivity index (χ0n) is 13.5. The fraction of sp³-hybridized carbons (Fsp3) is 0.250. The van der Waals surface area contributed by atoms with Gasteiger partial charge >= 0.3 is 11.8 Å². The van der Waals surface area contributed by atoms with Crippen LogP contribution in [-0.4, -0.2) is 39.5 Å². The third-order valence-corrected chi connectivity index (χ3v) is 3.85. The fourth-order valence-electron chi connectivity index (χ4n) is 2.28. The summed E-state index contributed by atoms with van der Waals surface area (Å²) in [6, 6.07) is 7.67. The highest BCUT2D eigenvalue weighted by molar-refractivity contribution is 9.10. The Hall–Kier alpha value is -2.68. The molecule has 0 aliphatic carbocycles. The van der Waals surface area contributed by atoms with Gasteiger partial charge in [-0.1, -0.05) is 23.4 Å². The third-order valence-electron chi connectivity index (χ3n) is 3.44. The van der Waals surface area contributed by atoms with Crippen molar-refractivity contribution in [1.29, 1.82) is 0 Å². The Labute approximate surface area is 152 Å². The van der Waals surface area contributed by atoms with Crippen LogP contribution >= 0.6 is 15.9 Å². The number of amides is 1. The van der Waals surface area contributed by atoms with Gasteiger partial charge in [0.25, 0.3) is 0 Å². The number of rotatable bonds is 7. The van der Waals surface area contributed by atoms with Gasteiger partial charge in [-0.05, 0) is 34.0 Å². The number of nitrogens with one attached hydrogen (secondary N) is 1. The Balaban J connectivity index is 1.53. The summed E-state index contributed by atoms with van der Waals surface area (Å²) in [6.07, 6.45) is 4.08. The molecule has 2 aromatic heterocycles. The SMILES string of the molecule is COc1ccccc1CCNC(=O)c1nc(Cn2cc(Br)cn2)no1. The lowest BCUT2D eigenvalue weighted by Gasteiger charge is -2.08. The second kappa shape index (κ2) is 7.93. The fourth-order valence-corrected chi connectivity index (χ4v) is 2.60. The summed E-state index contributed by atoms with van der Waals surface area (Å²) in [5, 5.41) is 10.7. The molecule has 0 saturated carbocycles. The summed E-state index contributed by atoms with van der Waals surface area (Å²) in [5.41, 5.74) is 1.01. The number of para-hydroxylation sites is 1. The molecular formula is C16H16BrN5O3. The zero-order valence-corrected chi connectivity index (χ0v) is 15.1. The first-order valence-electron chi connectivity index (χ1n) is 7.56. The molecule has 3 aromatic rings. The summed E-state index contributed by atoms with van der Waals surface area (Å²) in [5.74, 6) is 0.698. The molecule has 0 bridgehead atoms. The van der Waals surface area contributed by atoms with Crippen molar-refractivity contribution in [1.82, 2.24) is 25.2 Å². The van der Waals surface area contributed by atoms with Crippen LogP contribution < -0.4 is 10.1 Å². The number of halogens is 1. The molecule has 1 aromatic carbocycles. The van der Waals surface area contributed by atoms with Crippen LogP contribution in [0, 0.1) is 0 Å². The van der Waals surface area contributed by atoms with Gasteiger partial charge in [-0.15, -0.1) is 0 Å². The standard InChI is InChI=1S/C16H16BrN5O3/c1-24-13-5-3-2-4-11(13)6-7-18-15(23)16-20-14(21-25-16)10-22-9-12(17)8-19-22/h2-5,8-9H,6-7,10H2,1H3,(H,18,23). The van der Waals surface area contributed by atoms with Crippen LogP contribution in [-0.2, 0) is 13.0 Å².